The summed E-state index contributed by atoms with van der Waals surface area (Å²) in [5.41, 5.74) is 4.37. The van der Waals surface area contributed by atoms with Crippen LogP contribution in [0.2, 0.25) is 0 Å². The SMILES string of the molecule is CCCCN(CC(=O)N1CCc2sccc2C1c1ccccc1C)S(=O)(=O)c1ccc(C)cc1. The van der Waals surface area contributed by atoms with Gasteiger partial charge in [0.15, 0.2) is 0 Å². The number of carbonyl (C=O) groups is 1. The lowest BCUT2D eigenvalue weighted by Gasteiger charge is -2.38. The zero-order chi connectivity index (χ0) is 24.3. The number of rotatable bonds is 8. The molecule has 4 rings (SSSR count). The Morgan fingerprint density at radius 2 is 1.79 bits per heavy atom. The number of fused-ring (bicyclic) bond motifs is 1. The van der Waals surface area contributed by atoms with Gasteiger partial charge in [0, 0.05) is 18.0 Å². The molecule has 180 valence electrons. The standard InChI is InChI=1S/C27H32N2O3S2/c1-4-5-16-28(34(31,32)22-12-10-20(2)11-13-22)19-26(30)29-17-14-25-24(15-18-33-25)27(29)23-9-7-6-8-21(23)3/h6-13,15,18,27H,4-5,14,16-17,19H2,1-3H3. The van der Waals surface area contributed by atoms with Gasteiger partial charge in [-0.25, -0.2) is 8.42 Å². The van der Waals surface area contributed by atoms with Gasteiger partial charge in [-0.15, -0.1) is 11.3 Å². The summed E-state index contributed by atoms with van der Waals surface area (Å²) in [5.74, 6) is -0.156. The molecule has 1 aliphatic heterocycles. The van der Waals surface area contributed by atoms with E-state index in [2.05, 4.69) is 30.5 Å². The van der Waals surface area contributed by atoms with Crippen molar-refractivity contribution in [3.63, 3.8) is 0 Å². The van der Waals surface area contributed by atoms with E-state index in [1.54, 1.807) is 35.6 Å². The first-order valence-electron chi connectivity index (χ1n) is 11.8. The number of aryl methyl sites for hydroxylation is 2. The van der Waals surface area contributed by atoms with Gasteiger partial charge in [-0.1, -0.05) is 55.3 Å². The molecule has 7 heteroatoms. The van der Waals surface area contributed by atoms with Crippen molar-refractivity contribution in [1.82, 2.24) is 9.21 Å². The van der Waals surface area contributed by atoms with Crippen LogP contribution in [-0.4, -0.2) is 43.2 Å². The highest BCUT2D eigenvalue weighted by molar-refractivity contribution is 7.89. The molecule has 0 saturated carbocycles. The third-order valence-corrected chi connectivity index (χ3v) is 9.36. The molecular formula is C27H32N2O3S2. The maximum Gasteiger partial charge on any atom is 0.243 e. The van der Waals surface area contributed by atoms with Gasteiger partial charge in [-0.05, 0) is 67.0 Å². The Balaban J connectivity index is 1.66. The Hall–Kier alpha value is -2.48. The van der Waals surface area contributed by atoms with E-state index in [1.165, 1.54) is 9.18 Å². The molecule has 0 aliphatic carbocycles. The summed E-state index contributed by atoms with van der Waals surface area (Å²) in [6, 6.07) is 16.9. The van der Waals surface area contributed by atoms with E-state index in [-0.39, 0.29) is 23.4 Å². The van der Waals surface area contributed by atoms with Crippen molar-refractivity contribution in [2.24, 2.45) is 0 Å². The highest BCUT2D eigenvalue weighted by atomic mass is 32.2. The van der Waals surface area contributed by atoms with Crippen molar-refractivity contribution >= 4 is 27.3 Å². The predicted octanol–water partition coefficient (Wildman–Crippen LogP) is 5.33. The van der Waals surface area contributed by atoms with Crippen molar-refractivity contribution in [2.75, 3.05) is 19.6 Å². The first kappa shape index (κ1) is 24.6. The van der Waals surface area contributed by atoms with E-state index in [9.17, 15) is 13.2 Å². The predicted molar refractivity (Wildman–Crippen MR) is 138 cm³/mol. The van der Waals surface area contributed by atoms with Gasteiger partial charge in [-0.3, -0.25) is 4.79 Å². The lowest BCUT2D eigenvalue weighted by molar-refractivity contribution is -0.133. The summed E-state index contributed by atoms with van der Waals surface area (Å²) >= 11 is 1.73. The van der Waals surface area contributed by atoms with Crippen LogP contribution >= 0.6 is 11.3 Å². The molecule has 0 radical (unpaired) electrons. The molecule has 1 aliphatic rings. The largest absolute Gasteiger partial charge is 0.330 e. The highest BCUT2D eigenvalue weighted by Gasteiger charge is 2.36. The smallest absolute Gasteiger partial charge is 0.243 e. The fourth-order valence-corrected chi connectivity index (χ4v) is 6.87. The number of nitrogens with zero attached hydrogens (tertiary/aromatic N) is 2. The molecule has 5 nitrogen and oxygen atoms in total. The van der Waals surface area contributed by atoms with Crippen LogP contribution in [0.5, 0.6) is 0 Å². The van der Waals surface area contributed by atoms with Crippen LogP contribution in [0.1, 0.15) is 52.9 Å². The molecule has 0 spiro atoms. The Morgan fingerprint density at radius 3 is 2.50 bits per heavy atom. The second-order valence-electron chi connectivity index (χ2n) is 8.90. The Kier molecular flexibility index (Phi) is 7.55. The monoisotopic (exact) mass is 496 g/mol. The Labute approximate surface area is 207 Å². The average molecular weight is 497 g/mol. The summed E-state index contributed by atoms with van der Waals surface area (Å²) in [5, 5.41) is 2.08. The van der Waals surface area contributed by atoms with Gasteiger partial charge >= 0.3 is 0 Å². The summed E-state index contributed by atoms with van der Waals surface area (Å²) in [6.45, 7) is 6.76. The number of benzene rings is 2. The van der Waals surface area contributed by atoms with Crippen molar-refractivity contribution in [3.8, 4) is 0 Å². The van der Waals surface area contributed by atoms with E-state index < -0.39 is 10.0 Å². The summed E-state index contributed by atoms with van der Waals surface area (Å²) in [6.07, 6.45) is 2.34. The topological polar surface area (TPSA) is 57.7 Å². The van der Waals surface area contributed by atoms with Gasteiger partial charge in [0.1, 0.15) is 0 Å². The van der Waals surface area contributed by atoms with E-state index in [0.717, 1.165) is 35.1 Å². The van der Waals surface area contributed by atoms with Crippen molar-refractivity contribution in [1.29, 1.82) is 0 Å². The van der Waals surface area contributed by atoms with Crippen LogP contribution in [0.25, 0.3) is 0 Å². The van der Waals surface area contributed by atoms with E-state index in [4.69, 9.17) is 0 Å². The Morgan fingerprint density at radius 1 is 1.06 bits per heavy atom. The van der Waals surface area contributed by atoms with Gasteiger partial charge < -0.3 is 4.90 Å². The van der Waals surface area contributed by atoms with Crippen LogP contribution < -0.4 is 0 Å². The first-order valence-corrected chi connectivity index (χ1v) is 14.1. The number of sulfonamides is 1. The number of amides is 1. The minimum atomic E-state index is -3.78. The summed E-state index contributed by atoms with van der Waals surface area (Å²) < 4.78 is 28.3. The molecule has 0 bridgehead atoms. The van der Waals surface area contributed by atoms with Crippen molar-refractivity contribution in [2.45, 2.75) is 51.0 Å². The van der Waals surface area contributed by atoms with Gasteiger partial charge in [0.25, 0.3) is 0 Å². The normalized spacial score (nSPS) is 16.0. The zero-order valence-electron chi connectivity index (χ0n) is 20.0. The lowest BCUT2D eigenvalue weighted by atomic mass is 9.90. The number of carbonyl (C=O) groups excluding carboxylic acids is 1. The number of thiophene rings is 1. The maximum atomic E-state index is 13.8. The molecule has 2 heterocycles. The van der Waals surface area contributed by atoms with Crippen LogP contribution in [0, 0.1) is 13.8 Å². The number of hydrogen-bond acceptors (Lipinski definition) is 4. The second kappa shape index (κ2) is 10.4. The fourth-order valence-electron chi connectivity index (χ4n) is 4.53. The van der Waals surface area contributed by atoms with E-state index >= 15 is 0 Å². The molecule has 1 aromatic heterocycles. The molecule has 0 N–H and O–H groups in total. The van der Waals surface area contributed by atoms with E-state index in [0.29, 0.717) is 19.5 Å². The molecule has 1 atom stereocenters. The minimum Gasteiger partial charge on any atom is -0.330 e. The molecule has 3 aromatic rings. The second-order valence-corrected chi connectivity index (χ2v) is 11.8. The van der Waals surface area contributed by atoms with E-state index in [1.807, 2.05) is 30.9 Å². The minimum absolute atomic E-state index is 0.155. The van der Waals surface area contributed by atoms with Gasteiger partial charge in [0.05, 0.1) is 17.5 Å². The van der Waals surface area contributed by atoms with Gasteiger partial charge in [0.2, 0.25) is 15.9 Å². The maximum absolute atomic E-state index is 13.8. The third-order valence-electron chi connectivity index (χ3n) is 6.50. The quantitative estimate of drug-likeness (QED) is 0.424. The average Bonchev–Trinajstić information content (AvgIpc) is 3.30. The first-order chi connectivity index (χ1) is 16.3. The molecule has 0 saturated heterocycles. The molecule has 1 unspecified atom stereocenters. The van der Waals surface area contributed by atoms with Crippen LogP contribution in [0.3, 0.4) is 0 Å². The van der Waals surface area contributed by atoms with Crippen molar-refractivity contribution < 1.29 is 13.2 Å². The molecule has 1 amide bonds. The van der Waals surface area contributed by atoms with Crippen LogP contribution in [0.4, 0.5) is 0 Å². The number of hydrogen-bond donors (Lipinski definition) is 0. The van der Waals surface area contributed by atoms with Crippen LogP contribution in [0.15, 0.2) is 64.9 Å². The Bertz CT molecular complexity index is 1250. The highest BCUT2D eigenvalue weighted by Crippen LogP contribution is 2.39. The summed E-state index contributed by atoms with van der Waals surface area (Å²) in [4.78, 5) is 17.2. The molecule has 0 fully saturated rings. The summed E-state index contributed by atoms with van der Waals surface area (Å²) in [7, 11) is -3.78. The molecule has 34 heavy (non-hydrogen) atoms. The third kappa shape index (κ3) is 4.97. The lowest BCUT2D eigenvalue weighted by Crippen LogP contribution is -2.47. The fraction of sp³-hybridized carbons (Fsp3) is 0.370. The molecular weight excluding hydrogens is 464 g/mol. The van der Waals surface area contributed by atoms with Crippen molar-refractivity contribution in [3.05, 3.63) is 87.1 Å². The molecule has 2 aromatic carbocycles. The van der Waals surface area contributed by atoms with Gasteiger partial charge in [-0.2, -0.15) is 4.31 Å². The number of unbranched alkanes of at least 4 members (excludes halogenated alkanes) is 1. The van der Waals surface area contributed by atoms with Crippen LogP contribution in [-0.2, 0) is 21.2 Å². The zero-order valence-corrected chi connectivity index (χ0v) is 21.7.